The highest BCUT2D eigenvalue weighted by Gasteiger charge is 2.19. The average Bonchev–Trinajstić information content (AvgIpc) is 2.68. The number of hydrogen-bond acceptors (Lipinski definition) is 2. The van der Waals surface area contributed by atoms with Crippen molar-refractivity contribution in [2.45, 2.75) is 6.42 Å². The van der Waals surface area contributed by atoms with E-state index >= 15 is 0 Å². The van der Waals surface area contributed by atoms with Gasteiger partial charge in [0.15, 0.2) is 6.54 Å². The van der Waals surface area contributed by atoms with E-state index in [0.29, 0.717) is 17.1 Å². The Morgan fingerprint density at radius 2 is 1.73 bits per heavy atom. The summed E-state index contributed by atoms with van der Waals surface area (Å²) in [5, 5.41) is 0.558. The second-order valence-corrected chi connectivity index (χ2v) is 6.67. The van der Waals surface area contributed by atoms with Crippen LogP contribution in [0.4, 0.5) is 0 Å². The fourth-order valence-corrected chi connectivity index (χ4v) is 3.06. The zero-order chi connectivity index (χ0) is 18.4. The van der Waals surface area contributed by atoms with E-state index in [1.54, 1.807) is 24.3 Å². The highest BCUT2D eigenvalue weighted by Crippen LogP contribution is 2.17. The summed E-state index contributed by atoms with van der Waals surface area (Å²) in [7, 11) is 0. The van der Waals surface area contributed by atoms with Gasteiger partial charge in [-0.25, -0.2) is 0 Å². The van der Waals surface area contributed by atoms with Crippen molar-refractivity contribution < 1.29 is 14.5 Å². The first kappa shape index (κ1) is 18.2. The Morgan fingerprint density at radius 1 is 1.00 bits per heavy atom. The number of carbonyl (C=O) groups is 2. The van der Waals surface area contributed by atoms with Gasteiger partial charge in [0.2, 0.25) is 0 Å². The third-order valence-corrected chi connectivity index (χ3v) is 4.61. The Morgan fingerprint density at radius 3 is 2.38 bits per heavy atom. The Bertz CT molecular complexity index is 804. The molecule has 1 aliphatic heterocycles. The van der Waals surface area contributed by atoms with Crippen LogP contribution in [0.2, 0.25) is 5.02 Å². The lowest BCUT2D eigenvalue weighted by molar-refractivity contribution is -0.886. The summed E-state index contributed by atoms with van der Waals surface area (Å²) >= 11 is 5.79. The predicted octanol–water partition coefficient (Wildman–Crippen LogP) is 1.47. The molecule has 0 spiro atoms. The summed E-state index contributed by atoms with van der Waals surface area (Å²) in [6, 6.07) is 16.8. The van der Waals surface area contributed by atoms with Gasteiger partial charge in [-0.15, -0.1) is 0 Å². The molecule has 0 bridgehead atoms. The number of benzene rings is 2. The van der Waals surface area contributed by atoms with Gasteiger partial charge in [-0.1, -0.05) is 41.9 Å². The Labute approximate surface area is 157 Å². The molecular formula is C20H21ClN3O2+. The molecule has 3 rings (SSSR count). The first-order valence-electron chi connectivity index (χ1n) is 8.54. The lowest BCUT2D eigenvalue weighted by Crippen LogP contribution is -3.13. The standard InChI is InChI=1S/C20H20ClN3O2/c21-18-8-6-17(7-9-18)20(26)23-22-19(25)14-24-12-10-16(11-13-24)15-4-2-1-3-5-15/h1-10H,11-14H2,(H,22,25)(H,23,26)/p+1. The van der Waals surface area contributed by atoms with Crippen molar-refractivity contribution in [3.63, 3.8) is 0 Å². The molecule has 5 nitrogen and oxygen atoms in total. The van der Waals surface area contributed by atoms with Gasteiger partial charge in [-0.3, -0.25) is 20.4 Å². The van der Waals surface area contributed by atoms with Gasteiger partial charge >= 0.3 is 0 Å². The zero-order valence-corrected chi connectivity index (χ0v) is 15.1. The molecular weight excluding hydrogens is 350 g/mol. The van der Waals surface area contributed by atoms with Crippen LogP contribution in [0, 0.1) is 0 Å². The third-order valence-electron chi connectivity index (χ3n) is 4.36. The van der Waals surface area contributed by atoms with Crippen molar-refractivity contribution in [1.29, 1.82) is 0 Å². The molecule has 1 aliphatic rings. The van der Waals surface area contributed by atoms with Crippen molar-refractivity contribution in [3.8, 4) is 0 Å². The van der Waals surface area contributed by atoms with Crippen LogP contribution in [0.25, 0.3) is 5.57 Å². The number of halogens is 1. The molecule has 134 valence electrons. The van der Waals surface area contributed by atoms with Crippen LogP contribution in [-0.4, -0.2) is 31.4 Å². The number of hydrazine groups is 1. The predicted molar refractivity (Wildman–Crippen MR) is 102 cm³/mol. The van der Waals surface area contributed by atoms with Gasteiger partial charge < -0.3 is 4.90 Å². The monoisotopic (exact) mass is 370 g/mol. The summed E-state index contributed by atoms with van der Waals surface area (Å²) < 4.78 is 0. The number of nitrogens with one attached hydrogen (secondary N) is 3. The summed E-state index contributed by atoms with van der Waals surface area (Å²) in [5.41, 5.74) is 7.91. The molecule has 1 atom stereocenters. The van der Waals surface area contributed by atoms with Crippen LogP contribution in [0.3, 0.4) is 0 Å². The summed E-state index contributed by atoms with van der Waals surface area (Å²) in [4.78, 5) is 25.2. The maximum absolute atomic E-state index is 12.1. The van der Waals surface area contributed by atoms with Crippen LogP contribution in [-0.2, 0) is 4.79 Å². The van der Waals surface area contributed by atoms with Gasteiger partial charge in [0.1, 0.15) is 0 Å². The molecule has 0 aliphatic carbocycles. The minimum absolute atomic E-state index is 0.209. The molecule has 0 saturated heterocycles. The molecule has 0 saturated carbocycles. The maximum Gasteiger partial charge on any atom is 0.293 e. The molecule has 3 N–H and O–H groups in total. The van der Waals surface area contributed by atoms with Crippen LogP contribution in [0.1, 0.15) is 22.3 Å². The van der Waals surface area contributed by atoms with Crippen molar-refractivity contribution in [1.82, 2.24) is 10.9 Å². The number of carbonyl (C=O) groups excluding carboxylic acids is 2. The van der Waals surface area contributed by atoms with Gasteiger partial charge in [0.25, 0.3) is 11.8 Å². The molecule has 0 fully saturated rings. The normalized spacial score (nSPS) is 16.5. The van der Waals surface area contributed by atoms with Gasteiger partial charge in [0, 0.05) is 17.0 Å². The van der Waals surface area contributed by atoms with Crippen LogP contribution in [0.15, 0.2) is 60.7 Å². The van der Waals surface area contributed by atoms with Crippen molar-refractivity contribution >= 4 is 29.0 Å². The Balaban J connectivity index is 1.45. The molecule has 2 amide bonds. The first-order valence-corrected chi connectivity index (χ1v) is 8.92. The van der Waals surface area contributed by atoms with E-state index in [2.05, 4.69) is 29.1 Å². The van der Waals surface area contributed by atoms with Crippen LogP contribution in [0.5, 0.6) is 0 Å². The van der Waals surface area contributed by atoms with E-state index in [1.165, 1.54) is 16.0 Å². The SMILES string of the molecule is O=C(C[NH+]1CC=C(c2ccccc2)CC1)NNC(=O)c1ccc(Cl)cc1. The second kappa shape index (κ2) is 8.65. The topological polar surface area (TPSA) is 62.6 Å². The minimum Gasteiger partial charge on any atom is -0.324 e. The number of amides is 2. The van der Waals surface area contributed by atoms with E-state index in [4.69, 9.17) is 11.6 Å². The smallest absolute Gasteiger partial charge is 0.293 e. The molecule has 0 radical (unpaired) electrons. The number of hydrogen-bond donors (Lipinski definition) is 3. The lowest BCUT2D eigenvalue weighted by atomic mass is 10.00. The average molecular weight is 371 g/mol. The Hall–Kier alpha value is -2.63. The molecule has 1 heterocycles. The van der Waals surface area contributed by atoms with E-state index in [9.17, 15) is 9.59 Å². The van der Waals surface area contributed by atoms with Crippen LogP contribution >= 0.6 is 11.6 Å². The Kier molecular flexibility index (Phi) is 6.04. The van der Waals surface area contributed by atoms with E-state index in [1.807, 2.05) is 18.2 Å². The van der Waals surface area contributed by atoms with Crippen molar-refractivity contribution in [3.05, 3.63) is 76.8 Å². The van der Waals surface area contributed by atoms with Gasteiger partial charge in [-0.05, 0) is 41.5 Å². The molecule has 2 aromatic carbocycles. The summed E-state index contributed by atoms with van der Waals surface area (Å²) in [6.07, 6.45) is 3.12. The highest BCUT2D eigenvalue weighted by molar-refractivity contribution is 6.30. The quantitative estimate of drug-likeness (QED) is 0.714. The van der Waals surface area contributed by atoms with Crippen LogP contribution < -0.4 is 15.8 Å². The largest absolute Gasteiger partial charge is 0.324 e. The molecule has 26 heavy (non-hydrogen) atoms. The lowest BCUT2D eigenvalue weighted by Gasteiger charge is -2.23. The number of rotatable bonds is 4. The maximum atomic E-state index is 12.1. The van der Waals surface area contributed by atoms with Crippen molar-refractivity contribution in [2.75, 3.05) is 19.6 Å². The van der Waals surface area contributed by atoms with Gasteiger partial charge in [-0.2, -0.15) is 0 Å². The highest BCUT2D eigenvalue weighted by atomic mass is 35.5. The zero-order valence-electron chi connectivity index (χ0n) is 14.3. The molecule has 0 aromatic heterocycles. The third kappa shape index (κ3) is 4.94. The fourth-order valence-electron chi connectivity index (χ4n) is 2.93. The first-order chi connectivity index (χ1) is 12.6. The molecule has 2 aromatic rings. The fraction of sp³-hybridized carbons (Fsp3) is 0.200. The summed E-state index contributed by atoms with van der Waals surface area (Å²) in [5.74, 6) is -0.575. The van der Waals surface area contributed by atoms with Gasteiger partial charge in [0.05, 0.1) is 13.1 Å². The molecule has 1 unspecified atom stereocenters. The van der Waals surface area contributed by atoms with E-state index in [0.717, 1.165) is 19.5 Å². The second-order valence-electron chi connectivity index (χ2n) is 6.24. The molecule has 6 heteroatoms. The van der Waals surface area contributed by atoms with E-state index < -0.39 is 0 Å². The minimum atomic E-state index is -0.366. The number of quaternary nitrogens is 1. The van der Waals surface area contributed by atoms with E-state index in [-0.39, 0.29) is 11.8 Å². The van der Waals surface area contributed by atoms with Crippen molar-refractivity contribution in [2.24, 2.45) is 0 Å². The summed E-state index contributed by atoms with van der Waals surface area (Å²) in [6.45, 7) is 2.00.